The van der Waals surface area contributed by atoms with Crippen LogP contribution >= 0.6 is 0 Å². The Labute approximate surface area is 123 Å². The Balaban J connectivity index is 2.32. The molecule has 0 N–H and O–H groups in total. The van der Waals surface area contributed by atoms with Crippen molar-refractivity contribution in [2.75, 3.05) is 17.7 Å². The molecule has 0 aromatic heterocycles. The molecule has 0 saturated heterocycles. The van der Waals surface area contributed by atoms with Gasteiger partial charge < -0.3 is 4.74 Å². The Morgan fingerprint density at radius 2 is 1.62 bits per heavy atom. The summed E-state index contributed by atoms with van der Waals surface area (Å²) >= 11 is 0. The van der Waals surface area contributed by atoms with Crippen LogP contribution in [0.3, 0.4) is 0 Å². The van der Waals surface area contributed by atoms with E-state index < -0.39 is 10.0 Å². The Bertz CT molecular complexity index is 697. The van der Waals surface area contributed by atoms with Gasteiger partial charge in [0.15, 0.2) is 0 Å². The molecule has 4 nitrogen and oxygen atoms in total. The van der Waals surface area contributed by atoms with E-state index in [1.165, 1.54) is 16.4 Å². The molecule has 0 aliphatic rings. The van der Waals surface area contributed by atoms with Gasteiger partial charge in [-0.2, -0.15) is 0 Å². The minimum Gasteiger partial charge on any atom is -0.497 e. The van der Waals surface area contributed by atoms with Crippen molar-refractivity contribution in [1.82, 2.24) is 0 Å². The lowest BCUT2D eigenvalue weighted by atomic mass is 10.2. The smallest absolute Gasteiger partial charge is 0.232 e. The van der Waals surface area contributed by atoms with E-state index in [0.717, 1.165) is 6.26 Å². The maximum Gasteiger partial charge on any atom is 0.232 e. The second kappa shape index (κ2) is 6.13. The molecule has 21 heavy (non-hydrogen) atoms. The summed E-state index contributed by atoms with van der Waals surface area (Å²) in [7, 11) is -1.90. The van der Waals surface area contributed by atoms with Crippen molar-refractivity contribution in [2.24, 2.45) is 0 Å². The van der Waals surface area contributed by atoms with Crippen molar-refractivity contribution in [3.05, 3.63) is 59.9 Å². The molecule has 0 aliphatic heterocycles. The standard InChI is InChI=1S/C15H16FNO3S/c1-20-15-9-7-14(8-10-15)17(21(2,18)19)11-12-3-5-13(16)6-4-12/h3-10H,11H2,1-2H3. The van der Waals surface area contributed by atoms with Gasteiger partial charge in [0.1, 0.15) is 11.6 Å². The fourth-order valence-electron chi connectivity index (χ4n) is 1.90. The number of rotatable bonds is 5. The first-order chi connectivity index (χ1) is 9.90. The molecule has 2 aromatic carbocycles. The van der Waals surface area contributed by atoms with Crippen LogP contribution in [0.15, 0.2) is 48.5 Å². The highest BCUT2D eigenvalue weighted by molar-refractivity contribution is 7.92. The van der Waals surface area contributed by atoms with Gasteiger partial charge in [-0.1, -0.05) is 12.1 Å². The number of benzene rings is 2. The maximum absolute atomic E-state index is 12.9. The second-order valence-corrected chi connectivity index (χ2v) is 6.50. The summed E-state index contributed by atoms with van der Waals surface area (Å²) in [5.74, 6) is 0.295. The predicted octanol–water partition coefficient (Wildman–Crippen LogP) is 2.80. The summed E-state index contributed by atoms with van der Waals surface area (Å²) in [6.45, 7) is 0.144. The fraction of sp³-hybridized carbons (Fsp3) is 0.200. The molecule has 0 saturated carbocycles. The molecule has 0 radical (unpaired) electrons. The molecule has 112 valence electrons. The van der Waals surface area contributed by atoms with Crippen molar-refractivity contribution in [2.45, 2.75) is 6.54 Å². The fourth-order valence-corrected chi connectivity index (χ4v) is 2.79. The van der Waals surface area contributed by atoms with Crippen LogP contribution in [-0.2, 0) is 16.6 Å². The Hall–Kier alpha value is -2.08. The van der Waals surface area contributed by atoms with Crippen LogP contribution in [0.2, 0.25) is 0 Å². The minimum atomic E-state index is -3.45. The molecule has 0 bridgehead atoms. The van der Waals surface area contributed by atoms with E-state index in [1.54, 1.807) is 43.5 Å². The van der Waals surface area contributed by atoms with Crippen LogP contribution in [-0.4, -0.2) is 21.8 Å². The van der Waals surface area contributed by atoms with Crippen LogP contribution in [0.1, 0.15) is 5.56 Å². The van der Waals surface area contributed by atoms with E-state index in [-0.39, 0.29) is 12.4 Å². The first kappa shape index (κ1) is 15.3. The zero-order chi connectivity index (χ0) is 15.5. The molecule has 0 spiro atoms. The van der Waals surface area contributed by atoms with Crippen LogP contribution in [0.25, 0.3) is 0 Å². The molecule has 2 rings (SSSR count). The number of halogens is 1. The van der Waals surface area contributed by atoms with E-state index in [4.69, 9.17) is 4.74 Å². The average molecular weight is 309 g/mol. The summed E-state index contributed by atoms with van der Waals surface area (Å²) in [5.41, 5.74) is 1.24. The van der Waals surface area contributed by atoms with Gasteiger partial charge >= 0.3 is 0 Å². The lowest BCUT2D eigenvalue weighted by Gasteiger charge is -2.22. The predicted molar refractivity (Wildman–Crippen MR) is 80.4 cm³/mol. The third kappa shape index (κ3) is 3.95. The van der Waals surface area contributed by atoms with Crippen molar-refractivity contribution >= 4 is 15.7 Å². The average Bonchev–Trinajstić information content (AvgIpc) is 2.45. The van der Waals surface area contributed by atoms with E-state index in [1.807, 2.05) is 0 Å². The van der Waals surface area contributed by atoms with Crippen LogP contribution < -0.4 is 9.04 Å². The van der Waals surface area contributed by atoms with Crippen molar-refractivity contribution in [3.63, 3.8) is 0 Å². The lowest BCUT2D eigenvalue weighted by Crippen LogP contribution is -2.29. The Morgan fingerprint density at radius 3 is 2.10 bits per heavy atom. The number of ether oxygens (including phenoxy) is 1. The van der Waals surface area contributed by atoms with Gasteiger partial charge in [0.05, 0.1) is 25.6 Å². The van der Waals surface area contributed by atoms with Crippen molar-refractivity contribution in [3.8, 4) is 5.75 Å². The van der Waals surface area contributed by atoms with Gasteiger partial charge in [-0.25, -0.2) is 12.8 Å². The first-order valence-corrected chi connectivity index (χ1v) is 8.11. The number of anilines is 1. The monoisotopic (exact) mass is 309 g/mol. The van der Waals surface area contributed by atoms with E-state index in [9.17, 15) is 12.8 Å². The molecular weight excluding hydrogens is 293 g/mol. The highest BCUT2D eigenvalue weighted by Crippen LogP contribution is 2.23. The highest BCUT2D eigenvalue weighted by atomic mass is 32.2. The normalized spacial score (nSPS) is 11.2. The summed E-state index contributed by atoms with van der Waals surface area (Å²) in [6.07, 6.45) is 1.14. The van der Waals surface area contributed by atoms with Crippen molar-refractivity contribution in [1.29, 1.82) is 0 Å². The highest BCUT2D eigenvalue weighted by Gasteiger charge is 2.17. The number of hydrogen-bond donors (Lipinski definition) is 0. The molecule has 0 unspecified atom stereocenters. The molecule has 0 atom stereocenters. The summed E-state index contributed by atoms with van der Waals surface area (Å²) < 4.78 is 43.2. The second-order valence-electron chi connectivity index (χ2n) is 4.59. The zero-order valence-electron chi connectivity index (χ0n) is 11.8. The van der Waals surface area contributed by atoms with Gasteiger partial charge in [0, 0.05) is 0 Å². The molecule has 6 heteroatoms. The van der Waals surface area contributed by atoms with Gasteiger partial charge in [-0.05, 0) is 42.0 Å². The molecule has 0 amide bonds. The van der Waals surface area contributed by atoms with Gasteiger partial charge in [-0.15, -0.1) is 0 Å². The quantitative estimate of drug-likeness (QED) is 0.853. The number of hydrogen-bond acceptors (Lipinski definition) is 3. The topological polar surface area (TPSA) is 46.6 Å². The van der Waals surface area contributed by atoms with Gasteiger partial charge in [0.25, 0.3) is 0 Å². The van der Waals surface area contributed by atoms with Gasteiger partial charge in [-0.3, -0.25) is 4.31 Å². The first-order valence-electron chi connectivity index (χ1n) is 6.26. The number of methoxy groups -OCH3 is 1. The molecular formula is C15H16FNO3S. The van der Waals surface area contributed by atoms with Crippen LogP contribution in [0.4, 0.5) is 10.1 Å². The maximum atomic E-state index is 12.9. The molecule has 0 aliphatic carbocycles. The molecule has 2 aromatic rings. The van der Waals surface area contributed by atoms with Crippen molar-refractivity contribution < 1.29 is 17.5 Å². The van der Waals surface area contributed by atoms with E-state index in [0.29, 0.717) is 17.0 Å². The van der Waals surface area contributed by atoms with E-state index >= 15 is 0 Å². The van der Waals surface area contributed by atoms with E-state index in [2.05, 4.69) is 0 Å². The minimum absolute atomic E-state index is 0.144. The molecule has 0 fully saturated rings. The number of sulfonamides is 1. The van der Waals surface area contributed by atoms with Gasteiger partial charge in [0.2, 0.25) is 10.0 Å². The Morgan fingerprint density at radius 1 is 1.05 bits per heavy atom. The largest absolute Gasteiger partial charge is 0.497 e. The SMILES string of the molecule is COc1ccc(N(Cc2ccc(F)cc2)S(C)(=O)=O)cc1. The van der Waals surface area contributed by atoms with Crippen LogP contribution in [0, 0.1) is 5.82 Å². The summed E-state index contributed by atoms with van der Waals surface area (Å²) in [4.78, 5) is 0. The third-order valence-corrected chi connectivity index (χ3v) is 4.14. The number of nitrogens with zero attached hydrogens (tertiary/aromatic N) is 1. The zero-order valence-corrected chi connectivity index (χ0v) is 12.6. The summed E-state index contributed by atoms with van der Waals surface area (Å²) in [6, 6.07) is 12.5. The summed E-state index contributed by atoms with van der Waals surface area (Å²) in [5, 5.41) is 0. The molecule has 0 heterocycles. The third-order valence-electron chi connectivity index (χ3n) is 3.00. The Kier molecular flexibility index (Phi) is 4.47. The lowest BCUT2D eigenvalue weighted by molar-refractivity contribution is 0.415. The van der Waals surface area contributed by atoms with Crippen LogP contribution in [0.5, 0.6) is 5.75 Å².